The van der Waals surface area contributed by atoms with E-state index in [4.69, 9.17) is 15.2 Å². The Morgan fingerprint density at radius 3 is 2.48 bits per heavy atom. The maximum Gasteiger partial charge on any atom is 0.271 e. The number of aromatic nitrogens is 1. The summed E-state index contributed by atoms with van der Waals surface area (Å²) in [6, 6.07) is 16.0. The number of ether oxygens (including phenoxy) is 2. The van der Waals surface area contributed by atoms with Crippen LogP contribution in [0.1, 0.15) is 15.9 Å². The van der Waals surface area contributed by atoms with Crippen LogP contribution < -0.4 is 20.6 Å². The van der Waals surface area contributed by atoms with Gasteiger partial charge in [0.15, 0.2) is 18.1 Å². The second-order valence-corrected chi connectivity index (χ2v) is 6.00. The third-order valence-corrected chi connectivity index (χ3v) is 3.97. The predicted octanol–water partition coefficient (Wildman–Crippen LogP) is 2.11. The Morgan fingerprint density at radius 1 is 1.10 bits per heavy atom. The summed E-state index contributed by atoms with van der Waals surface area (Å²) in [5.74, 6) is -0.104. The number of nitrogens with two attached hydrogens (primary N) is 1. The fourth-order valence-corrected chi connectivity index (χ4v) is 2.55. The first-order valence-corrected chi connectivity index (χ1v) is 8.73. The van der Waals surface area contributed by atoms with Crippen molar-refractivity contribution < 1.29 is 19.1 Å². The molecular formula is C21H20N4O4. The molecular weight excluding hydrogens is 372 g/mol. The molecule has 2 aromatic carbocycles. The molecule has 0 saturated heterocycles. The summed E-state index contributed by atoms with van der Waals surface area (Å²) in [6.07, 6.45) is 5.34. The Balaban J connectivity index is 1.61. The molecule has 0 saturated carbocycles. The molecule has 0 aliphatic rings. The third kappa shape index (κ3) is 5.23. The molecule has 29 heavy (non-hydrogen) atoms. The average molecular weight is 392 g/mol. The van der Waals surface area contributed by atoms with E-state index in [1.165, 1.54) is 13.3 Å². The van der Waals surface area contributed by atoms with Gasteiger partial charge in [0.2, 0.25) is 0 Å². The predicted molar refractivity (Wildman–Crippen MR) is 109 cm³/mol. The van der Waals surface area contributed by atoms with Crippen LogP contribution in [-0.2, 0) is 4.79 Å². The molecule has 8 heteroatoms. The summed E-state index contributed by atoms with van der Waals surface area (Å²) in [7, 11) is 1.48. The van der Waals surface area contributed by atoms with E-state index < -0.39 is 5.91 Å². The van der Waals surface area contributed by atoms with Crippen LogP contribution in [0.15, 0.2) is 72.1 Å². The SMILES string of the molecule is COc1cc(/C=N/NC(=O)c2ccc(-n3cccc3)cc2)ccc1OCC(N)=O. The summed E-state index contributed by atoms with van der Waals surface area (Å²) in [4.78, 5) is 23.1. The Bertz CT molecular complexity index is 1010. The Labute approximate surface area is 167 Å². The van der Waals surface area contributed by atoms with Gasteiger partial charge in [-0.1, -0.05) is 0 Å². The van der Waals surface area contributed by atoms with Gasteiger partial charge in [0.1, 0.15) is 0 Å². The molecule has 0 atom stereocenters. The molecule has 1 aromatic heterocycles. The maximum atomic E-state index is 12.2. The van der Waals surface area contributed by atoms with Gasteiger partial charge in [0.25, 0.3) is 11.8 Å². The molecule has 0 spiro atoms. The fraction of sp³-hybridized carbons (Fsp3) is 0.0952. The van der Waals surface area contributed by atoms with Crippen molar-refractivity contribution in [2.45, 2.75) is 0 Å². The van der Waals surface area contributed by atoms with Gasteiger partial charge in [0, 0.05) is 23.6 Å². The second kappa shape index (κ2) is 9.23. The molecule has 3 rings (SSSR count). The third-order valence-electron chi connectivity index (χ3n) is 3.97. The summed E-state index contributed by atoms with van der Waals surface area (Å²) in [5, 5.41) is 3.97. The number of methoxy groups -OCH3 is 1. The Morgan fingerprint density at radius 2 is 1.83 bits per heavy atom. The van der Waals surface area contributed by atoms with Crippen molar-refractivity contribution in [1.82, 2.24) is 9.99 Å². The molecule has 0 bridgehead atoms. The van der Waals surface area contributed by atoms with E-state index in [-0.39, 0.29) is 12.5 Å². The smallest absolute Gasteiger partial charge is 0.271 e. The van der Waals surface area contributed by atoms with Crippen LogP contribution in [-0.4, -0.2) is 36.3 Å². The zero-order valence-electron chi connectivity index (χ0n) is 15.7. The van der Waals surface area contributed by atoms with Gasteiger partial charge in [0.05, 0.1) is 13.3 Å². The van der Waals surface area contributed by atoms with Gasteiger partial charge in [-0.15, -0.1) is 0 Å². The molecule has 0 fully saturated rings. The normalized spacial score (nSPS) is 10.7. The van der Waals surface area contributed by atoms with Crippen molar-refractivity contribution in [1.29, 1.82) is 0 Å². The zero-order valence-corrected chi connectivity index (χ0v) is 15.7. The van der Waals surface area contributed by atoms with Crippen molar-refractivity contribution in [3.63, 3.8) is 0 Å². The van der Waals surface area contributed by atoms with Gasteiger partial charge in [-0.25, -0.2) is 5.43 Å². The molecule has 1 heterocycles. The van der Waals surface area contributed by atoms with Crippen molar-refractivity contribution in [3.05, 3.63) is 78.1 Å². The van der Waals surface area contributed by atoms with Gasteiger partial charge in [-0.05, 0) is 60.2 Å². The number of amides is 2. The van der Waals surface area contributed by atoms with E-state index in [1.54, 1.807) is 30.3 Å². The molecule has 0 unspecified atom stereocenters. The first-order valence-electron chi connectivity index (χ1n) is 8.73. The minimum absolute atomic E-state index is 0.247. The van der Waals surface area contributed by atoms with Crippen LogP contribution in [0.2, 0.25) is 0 Å². The number of hydrogen-bond donors (Lipinski definition) is 2. The lowest BCUT2D eigenvalue weighted by Crippen LogP contribution is -2.20. The van der Waals surface area contributed by atoms with Crippen LogP contribution in [0.3, 0.4) is 0 Å². The number of nitrogens with one attached hydrogen (secondary N) is 1. The second-order valence-electron chi connectivity index (χ2n) is 6.00. The fourth-order valence-electron chi connectivity index (χ4n) is 2.55. The Hall–Kier alpha value is -4.07. The number of nitrogens with zero attached hydrogens (tertiary/aromatic N) is 2. The molecule has 0 aliphatic carbocycles. The largest absolute Gasteiger partial charge is 0.493 e. The summed E-state index contributed by atoms with van der Waals surface area (Å²) in [5.41, 5.74) is 9.68. The van der Waals surface area contributed by atoms with Crippen LogP contribution >= 0.6 is 0 Å². The topological polar surface area (TPSA) is 108 Å². The van der Waals surface area contributed by atoms with Gasteiger partial charge in [-0.2, -0.15) is 5.10 Å². The maximum absolute atomic E-state index is 12.2. The number of hydrogen-bond acceptors (Lipinski definition) is 5. The number of carbonyl (C=O) groups excluding carboxylic acids is 2. The van der Waals surface area contributed by atoms with Crippen molar-refractivity contribution in [2.24, 2.45) is 10.8 Å². The highest BCUT2D eigenvalue weighted by atomic mass is 16.5. The first kappa shape index (κ1) is 19.7. The number of benzene rings is 2. The van der Waals surface area contributed by atoms with Crippen molar-refractivity contribution in [3.8, 4) is 17.2 Å². The first-order chi connectivity index (χ1) is 14.1. The van der Waals surface area contributed by atoms with Crippen LogP contribution in [0, 0.1) is 0 Å². The number of hydrazone groups is 1. The lowest BCUT2D eigenvalue weighted by molar-refractivity contribution is -0.119. The van der Waals surface area contributed by atoms with E-state index in [1.807, 2.05) is 41.2 Å². The minimum atomic E-state index is -0.582. The lowest BCUT2D eigenvalue weighted by atomic mass is 10.2. The van der Waals surface area contributed by atoms with Gasteiger partial charge < -0.3 is 19.8 Å². The number of carbonyl (C=O) groups is 2. The monoisotopic (exact) mass is 392 g/mol. The van der Waals surface area contributed by atoms with E-state index in [9.17, 15) is 9.59 Å². The van der Waals surface area contributed by atoms with E-state index in [2.05, 4.69) is 10.5 Å². The Kier molecular flexibility index (Phi) is 6.26. The number of rotatable bonds is 8. The van der Waals surface area contributed by atoms with Crippen molar-refractivity contribution in [2.75, 3.05) is 13.7 Å². The zero-order chi connectivity index (χ0) is 20.6. The number of primary amides is 1. The van der Waals surface area contributed by atoms with Crippen LogP contribution in [0.5, 0.6) is 11.5 Å². The van der Waals surface area contributed by atoms with Gasteiger partial charge in [-0.3, -0.25) is 9.59 Å². The quantitative estimate of drug-likeness (QED) is 0.452. The highest BCUT2D eigenvalue weighted by Gasteiger charge is 2.07. The van der Waals surface area contributed by atoms with Crippen LogP contribution in [0.4, 0.5) is 0 Å². The lowest BCUT2D eigenvalue weighted by Gasteiger charge is -2.09. The van der Waals surface area contributed by atoms with E-state index in [0.29, 0.717) is 22.6 Å². The van der Waals surface area contributed by atoms with E-state index in [0.717, 1.165) is 5.69 Å². The standard InChI is InChI=1S/C21H20N4O4/c1-28-19-12-15(4-9-18(19)29-14-20(22)26)13-23-24-21(27)16-5-7-17(8-6-16)25-10-2-3-11-25/h2-13H,14H2,1H3,(H2,22,26)(H,24,27)/b23-13+. The average Bonchev–Trinajstić information content (AvgIpc) is 3.27. The van der Waals surface area contributed by atoms with Gasteiger partial charge >= 0.3 is 0 Å². The summed E-state index contributed by atoms with van der Waals surface area (Å²) < 4.78 is 12.4. The summed E-state index contributed by atoms with van der Waals surface area (Å²) in [6.45, 7) is -0.247. The molecule has 8 nitrogen and oxygen atoms in total. The van der Waals surface area contributed by atoms with E-state index >= 15 is 0 Å². The highest BCUT2D eigenvalue weighted by molar-refractivity contribution is 5.95. The highest BCUT2D eigenvalue weighted by Crippen LogP contribution is 2.27. The molecule has 0 aliphatic heterocycles. The van der Waals surface area contributed by atoms with Crippen LogP contribution in [0.25, 0.3) is 5.69 Å². The molecule has 0 radical (unpaired) electrons. The minimum Gasteiger partial charge on any atom is -0.493 e. The van der Waals surface area contributed by atoms with Crippen molar-refractivity contribution >= 4 is 18.0 Å². The summed E-state index contributed by atoms with van der Waals surface area (Å²) >= 11 is 0. The molecule has 3 N–H and O–H groups in total. The molecule has 2 amide bonds. The molecule has 148 valence electrons. The molecule has 3 aromatic rings.